The smallest absolute Gasteiger partial charge is 0.407 e. The summed E-state index contributed by atoms with van der Waals surface area (Å²) in [6, 6.07) is 9.25. The number of nitrogens with zero attached hydrogens (tertiary/aromatic N) is 3. The number of alkyl carbamates (subject to hydrolysis) is 1. The number of para-hydroxylation sites is 1. The van der Waals surface area contributed by atoms with E-state index in [1.807, 2.05) is 31.2 Å². The number of rotatable bonds is 7. The molecule has 3 heterocycles. The van der Waals surface area contributed by atoms with E-state index in [4.69, 9.17) is 9.15 Å². The summed E-state index contributed by atoms with van der Waals surface area (Å²) in [6.45, 7) is 7.41. The van der Waals surface area contributed by atoms with Gasteiger partial charge in [0, 0.05) is 43.4 Å². The second kappa shape index (κ2) is 11.0. The average Bonchev–Trinajstić information content (AvgIpc) is 3.18. The van der Waals surface area contributed by atoms with Crippen LogP contribution in [0.1, 0.15) is 37.7 Å². The number of hydrogen-bond acceptors (Lipinski definition) is 7. The molecule has 3 aromatic heterocycles. The first kappa shape index (κ1) is 27.4. The van der Waals surface area contributed by atoms with Crippen molar-refractivity contribution in [1.82, 2.24) is 24.8 Å². The first-order chi connectivity index (χ1) is 18.4. The van der Waals surface area contributed by atoms with E-state index in [1.54, 1.807) is 40.0 Å². The molecule has 2 amide bonds. The number of nitrogens with one attached hydrogen (secondary N) is 2. The molecular formula is C28H31N5O6. The lowest BCUT2D eigenvalue weighted by molar-refractivity contribution is -0.125. The van der Waals surface area contributed by atoms with Crippen LogP contribution < -0.4 is 16.6 Å². The number of benzene rings is 1. The van der Waals surface area contributed by atoms with Gasteiger partial charge in [-0.1, -0.05) is 18.2 Å². The summed E-state index contributed by atoms with van der Waals surface area (Å²) >= 11 is 0. The molecule has 39 heavy (non-hydrogen) atoms. The summed E-state index contributed by atoms with van der Waals surface area (Å²) in [5.74, 6) is 0.445. The van der Waals surface area contributed by atoms with E-state index in [0.717, 1.165) is 21.1 Å². The van der Waals surface area contributed by atoms with Gasteiger partial charge in [-0.25, -0.2) is 14.6 Å². The number of ether oxygens (including phenoxy) is 1. The number of aromatic nitrogens is 3. The van der Waals surface area contributed by atoms with Gasteiger partial charge in [-0.2, -0.15) is 0 Å². The largest absolute Gasteiger partial charge is 0.459 e. The van der Waals surface area contributed by atoms with E-state index >= 15 is 0 Å². The predicted molar refractivity (Wildman–Crippen MR) is 147 cm³/mol. The molecule has 0 aliphatic rings. The zero-order valence-electron chi connectivity index (χ0n) is 22.5. The van der Waals surface area contributed by atoms with Crippen molar-refractivity contribution in [2.24, 2.45) is 0 Å². The molecular weight excluding hydrogens is 502 g/mol. The molecule has 0 unspecified atom stereocenters. The van der Waals surface area contributed by atoms with E-state index in [9.17, 15) is 19.2 Å². The molecule has 0 aliphatic heterocycles. The molecule has 0 bridgehead atoms. The molecule has 1 aromatic carbocycles. The molecule has 0 atom stereocenters. The van der Waals surface area contributed by atoms with Crippen LogP contribution in [0.25, 0.3) is 28.1 Å². The van der Waals surface area contributed by atoms with Crippen molar-refractivity contribution in [2.45, 2.75) is 46.4 Å². The monoisotopic (exact) mass is 533 g/mol. The molecule has 2 N–H and O–H groups in total. The lowest BCUT2D eigenvalue weighted by atomic mass is 10.1. The first-order valence-corrected chi connectivity index (χ1v) is 12.4. The van der Waals surface area contributed by atoms with Crippen molar-refractivity contribution < 1.29 is 18.7 Å². The topological polar surface area (TPSA) is 140 Å². The third kappa shape index (κ3) is 6.43. The lowest BCUT2D eigenvalue weighted by Crippen LogP contribution is -2.40. The number of H-pyrrole nitrogens is 1. The van der Waals surface area contributed by atoms with Gasteiger partial charge in [0.15, 0.2) is 0 Å². The zero-order chi connectivity index (χ0) is 28.3. The van der Waals surface area contributed by atoms with Gasteiger partial charge in [0.05, 0.1) is 11.9 Å². The highest BCUT2D eigenvalue weighted by Crippen LogP contribution is 2.25. The maximum absolute atomic E-state index is 13.0. The highest BCUT2D eigenvalue weighted by atomic mass is 16.6. The van der Waals surface area contributed by atoms with Crippen molar-refractivity contribution in [2.75, 3.05) is 13.6 Å². The Balaban J connectivity index is 1.46. The number of carbonyl (C=O) groups excluding carboxylic acids is 2. The van der Waals surface area contributed by atoms with E-state index in [0.29, 0.717) is 17.9 Å². The number of fused-ring (bicyclic) bond motifs is 2. The molecule has 0 fully saturated rings. The summed E-state index contributed by atoms with van der Waals surface area (Å²) in [4.78, 5) is 58.3. The Kier molecular flexibility index (Phi) is 7.70. The van der Waals surface area contributed by atoms with Crippen LogP contribution in [0, 0.1) is 6.92 Å². The van der Waals surface area contributed by atoms with E-state index in [2.05, 4.69) is 15.3 Å². The molecule has 204 valence electrons. The van der Waals surface area contributed by atoms with Crippen molar-refractivity contribution in [1.29, 1.82) is 0 Å². The van der Waals surface area contributed by atoms with Crippen LogP contribution in [-0.4, -0.2) is 50.6 Å². The zero-order valence-corrected chi connectivity index (χ0v) is 22.5. The number of amides is 2. The standard InChI is InChI=1S/C28H31N5O6/c1-17-19-8-6-7-9-21(19)38-22(17)16-32(5)23(34)11-10-18-14-20-24(30-15-18)31-26(36)33(25(20)35)13-12-29-27(37)39-28(2,3)4/h6-11,14-15H,12-13,16H2,1-5H3,(H,29,37)(H,30,31,36)/b11-10+. The SMILES string of the molecule is Cc1c(CN(C)C(=O)/C=C/c2cnc3[nH]c(=O)n(CCNC(=O)OC(C)(C)C)c(=O)c3c2)oc2ccccc12. The highest BCUT2D eigenvalue weighted by molar-refractivity contribution is 5.92. The Morgan fingerprint density at radius 3 is 2.67 bits per heavy atom. The Morgan fingerprint density at radius 1 is 1.21 bits per heavy atom. The van der Waals surface area contributed by atoms with Crippen molar-refractivity contribution in [3.63, 3.8) is 0 Å². The second-order valence-electron chi connectivity index (χ2n) is 10.2. The van der Waals surface area contributed by atoms with Crippen molar-refractivity contribution in [3.8, 4) is 0 Å². The highest BCUT2D eigenvalue weighted by Gasteiger charge is 2.17. The van der Waals surface area contributed by atoms with Crippen molar-refractivity contribution in [3.05, 3.63) is 80.3 Å². The van der Waals surface area contributed by atoms with Crippen LogP contribution in [0.2, 0.25) is 0 Å². The summed E-state index contributed by atoms with van der Waals surface area (Å²) in [7, 11) is 1.67. The average molecular weight is 534 g/mol. The van der Waals surface area contributed by atoms with Crippen LogP contribution in [0.15, 0.2) is 56.6 Å². The number of pyridine rings is 1. The van der Waals surface area contributed by atoms with Gasteiger partial charge in [-0.05, 0) is 51.5 Å². The Hall–Kier alpha value is -4.67. The maximum atomic E-state index is 13.0. The molecule has 4 aromatic rings. The summed E-state index contributed by atoms with van der Waals surface area (Å²) in [5, 5.41) is 3.71. The number of aryl methyl sites for hydroxylation is 1. The third-order valence-electron chi connectivity index (χ3n) is 5.98. The third-order valence-corrected chi connectivity index (χ3v) is 5.98. The quantitative estimate of drug-likeness (QED) is 0.347. The van der Waals surface area contributed by atoms with Crippen LogP contribution >= 0.6 is 0 Å². The van der Waals surface area contributed by atoms with Gasteiger partial charge >= 0.3 is 11.8 Å². The maximum Gasteiger partial charge on any atom is 0.407 e. The summed E-state index contributed by atoms with van der Waals surface area (Å²) < 4.78 is 12.0. The summed E-state index contributed by atoms with van der Waals surface area (Å²) in [6.07, 6.45) is 3.75. The van der Waals surface area contributed by atoms with E-state index in [-0.39, 0.29) is 30.0 Å². The fourth-order valence-electron chi connectivity index (χ4n) is 3.99. The van der Waals surface area contributed by atoms with Gasteiger partial charge in [0.25, 0.3) is 5.56 Å². The number of carbonyl (C=O) groups is 2. The minimum absolute atomic E-state index is 0.0158. The lowest BCUT2D eigenvalue weighted by Gasteiger charge is -2.19. The molecule has 0 aliphatic carbocycles. The van der Waals surface area contributed by atoms with E-state index in [1.165, 1.54) is 17.2 Å². The van der Waals surface area contributed by atoms with Crippen LogP contribution in [0.5, 0.6) is 0 Å². The predicted octanol–water partition coefficient (Wildman–Crippen LogP) is 3.34. The van der Waals surface area contributed by atoms with Crippen LogP contribution in [0.4, 0.5) is 4.79 Å². The molecule has 0 saturated heterocycles. The number of likely N-dealkylation sites (N-methyl/N-ethyl adjacent to an activating group) is 1. The van der Waals surface area contributed by atoms with E-state index < -0.39 is 22.9 Å². The number of hydrogen-bond donors (Lipinski definition) is 2. The Morgan fingerprint density at radius 2 is 1.95 bits per heavy atom. The van der Waals surface area contributed by atoms with Crippen molar-refractivity contribution >= 4 is 40.1 Å². The van der Waals surface area contributed by atoms with Crippen LogP contribution in [0.3, 0.4) is 0 Å². The second-order valence-corrected chi connectivity index (χ2v) is 10.2. The fourth-order valence-corrected chi connectivity index (χ4v) is 3.99. The Labute approximate surface area is 224 Å². The van der Waals surface area contributed by atoms with Gasteiger partial charge < -0.3 is 19.4 Å². The Bertz CT molecular complexity index is 1690. The minimum atomic E-state index is -0.667. The molecule has 0 spiro atoms. The molecule has 11 nitrogen and oxygen atoms in total. The number of aromatic amines is 1. The minimum Gasteiger partial charge on any atom is -0.459 e. The number of furan rings is 1. The molecule has 11 heteroatoms. The fraction of sp³-hybridized carbons (Fsp3) is 0.321. The van der Waals surface area contributed by atoms with Gasteiger partial charge in [-0.3, -0.25) is 19.1 Å². The molecule has 4 rings (SSSR count). The van der Waals surface area contributed by atoms with Crippen LogP contribution in [-0.2, 0) is 22.6 Å². The first-order valence-electron chi connectivity index (χ1n) is 12.4. The normalized spacial score (nSPS) is 11.8. The van der Waals surface area contributed by atoms with Gasteiger partial charge in [-0.15, -0.1) is 0 Å². The molecule has 0 radical (unpaired) electrons. The van der Waals surface area contributed by atoms with Gasteiger partial charge in [0.2, 0.25) is 5.91 Å². The molecule has 0 saturated carbocycles. The van der Waals surface area contributed by atoms with Gasteiger partial charge in [0.1, 0.15) is 22.6 Å². The summed E-state index contributed by atoms with van der Waals surface area (Å²) in [5.41, 5.74) is 0.513.